The summed E-state index contributed by atoms with van der Waals surface area (Å²) in [7, 11) is -2.27. The van der Waals surface area contributed by atoms with E-state index in [1.807, 2.05) is 0 Å². The second-order valence-corrected chi connectivity index (χ2v) is 7.19. The van der Waals surface area contributed by atoms with Gasteiger partial charge in [0.25, 0.3) is 0 Å². The largest absolute Gasteiger partial charge is 0.417 e. The molecule has 17 heavy (non-hydrogen) atoms. The van der Waals surface area contributed by atoms with E-state index in [0.29, 0.717) is 11.5 Å². The molecule has 0 atom stereocenters. The van der Waals surface area contributed by atoms with Gasteiger partial charge in [0.1, 0.15) is 0 Å². The van der Waals surface area contributed by atoms with E-state index >= 15 is 0 Å². The third kappa shape index (κ3) is 2.82. The van der Waals surface area contributed by atoms with Gasteiger partial charge < -0.3 is 0 Å². The fourth-order valence-electron chi connectivity index (χ4n) is 1.46. The van der Waals surface area contributed by atoms with Crippen LogP contribution in [0.15, 0.2) is 27.0 Å². The second-order valence-electron chi connectivity index (χ2n) is 3.79. The van der Waals surface area contributed by atoms with Crippen molar-refractivity contribution in [3.8, 4) is 0 Å². The van der Waals surface area contributed by atoms with Crippen LogP contribution in [0.2, 0.25) is 0 Å². The van der Waals surface area contributed by atoms with Gasteiger partial charge in [-0.25, -0.2) is 4.21 Å². The van der Waals surface area contributed by atoms with E-state index in [2.05, 4.69) is 20.3 Å². The Kier molecular flexibility index (Phi) is 3.24. The molecule has 1 aliphatic rings. The van der Waals surface area contributed by atoms with Crippen LogP contribution in [0.3, 0.4) is 0 Å². The summed E-state index contributed by atoms with van der Waals surface area (Å²) in [6.45, 7) is 0. The van der Waals surface area contributed by atoms with Crippen molar-refractivity contribution in [3.63, 3.8) is 0 Å². The van der Waals surface area contributed by atoms with E-state index in [4.69, 9.17) is 0 Å². The maximum Gasteiger partial charge on any atom is 0.417 e. The van der Waals surface area contributed by atoms with Crippen LogP contribution in [0, 0.1) is 0 Å². The van der Waals surface area contributed by atoms with Crippen LogP contribution < -0.4 is 0 Å². The number of halogens is 4. The first-order valence-corrected chi connectivity index (χ1v) is 7.54. The monoisotopic (exact) mass is 327 g/mol. The van der Waals surface area contributed by atoms with Gasteiger partial charge in [0.05, 0.1) is 21.0 Å². The number of rotatable bonds is 1. The zero-order chi connectivity index (χ0) is 12.7. The van der Waals surface area contributed by atoms with Gasteiger partial charge in [0.15, 0.2) is 0 Å². The fourth-order valence-corrected chi connectivity index (χ4v) is 3.40. The molecule has 1 saturated heterocycles. The summed E-state index contributed by atoms with van der Waals surface area (Å²) >= 11 is 2.84. The molecule has 2 nitrogen and oxygen atoms in total. The molecule has 0 saturated carbocycles. The van der Waals surface area contributed by atoms with Crippen LogP contribution in [-0.2, 0) is 15.9 Å². The van der Waals surface area contributed by atoms with E-state index < -0.39 is 21.5 Å². The zero-order valence-corrected chi connectivity index (χ0v) is 11.0. The summed E-state index contributed by atoms with van der Waals surface area (Å²) in [5.41, 5.74) is -0.661. The highest BCUT2D eigenvalue weighted by molar-refractivity contribution is 9.10. The van der Waals surface area contributed by atoms with Crippen LogP contribution in [0.5, 0.6) is 0 Å². The Morgan fingerprint density at radius 2 is 1.94 bits per heavy atom. The predicted octanol–water partition coefficient (Wildman–Crippen LogP) is 3.97. The lowest BCUT2D eigenvalue weighted by Gasteiger charge is -2.18. The van der Waals surface area contributed by atoms with Crippen molar-refractivity contribution < 1.29 is 17.4 Å². The second kappa shape index (κ2) is 4.28. The van der Waals surface area contributed by atoms with Gasteiger partial charge in [-0.3, -0.25) is 0 Å². The van der Waals surface area contributed by atoms with Gasteiger partial charge in [0, 0.05) is 16.0 Å². The van der Waals surface area contributed by atoms with Gasteiger partial charge in [-0.05, 0) is 24.6 Å². The summed E-state index contributed by atoms with van der Waals surface area (Å²) < 4.78 is 53.5. The lowest BCUT2D eigenvalue weighted by atomic mass is 10.2. The molecular weight excluding hydrogens is 319 g/mol. The van der Waals surface area contributed by atoms with Crippen molar-refractivity contribution in [2.75, 3.05) is 11.5 Å². The molecule has 2 rings (SSSR count). The lowest BCUT2D eigenvalue weighted by molar-refractivity contribution is -0.138. The normalized spacial score (nSPS) is 18.6. The van der Waals surface area contributed by atoms with Gasteiger partial charge in [-0.2, -0.15) is 17.5 Å². The molecule has 0 N–H and O–H groups in total. The van der Waals surface area contributed by atoms with Crippen LogP contribution in [0.1, 0.15) is 12.0 Å². The molecule has 1 aromatic rings. The van der Waals surface area contributed by atoms with E-state index in [-0.39, 0.29) is 10.2 Å². The molecular formula is C10H9BrF3NOS. The van der Waals surface area contributed by atoms with Gasteiger partial charge >= 0.3 is 6.18 Å². The highest BCUT2D eigenvalue weighted by Crippen LogP contribution is 2.37. The van der Waals surface area contributed by atoms with Gasteiger partial charge in [0.2, 0.25) is 0 Å². The molecule has 0 radical (unpaired) electrons. The molecule has 1 heterocycles. The lowest BCUT2D eigenvalue weighted by Crippen LogP contribution is -2.23. The number of benzene rings is 1. The maximum absolute atomic E-state index is 12.6. The summed E-state index contributed by atoms with van der Waals surface area (Å²) in [5, 5.41) is 0. The van der Waals surface area contributed by atoms with E-state index in [0.717, 1.165) is 12.5 Å². The molecule has 0 unspecified atom stereocenters. The maximum atomic E-state index is 12.6. The Morgan fingerprint density at radius 3 is 2.41 bits per heavy atom. The molecule has 0 aliphatic carbocycles. The topological polar surface area (TPSA) is 29.4 Å². The average molecular weight is 328 g/mol. The Bertz CT molecular complexity index is 551. The van der Waals surface area contributed by atoms with Gasteiger partial charge in [-0.15, -0.1) is 0 Å². The minimum atomic E-state index is -4.44. The molecule has 0 amide bonds. The third-order valence-corrected chi connectivity index (χ3v) is 5.54. The molecule has 0 bridgehead atoms. The van der Waals surface area contributed by atoms with Crippen LogP contribution in [0.4, 0.5) is 18.9 Å². The van der Waals surface area contributed by atoms with Crippen molar-refractivity contribution >= 4 is 31.3 Å². The van der Waals surface area contributed by atoms with Crippen molar-refractivity contribution in [2.45, 2.75) is 12.6 Å². The van der Waals surface area contributed by atoms with Crippen LogP contribution in [0.25, 0.3) is 0 Å². The fraction of sp³-hybridized carbons (Fsp3) is 0.400. The third-order valence-electron chi connectivity index (χ3n) is 2.45. The molecule has 0 aromatic heterocycles. The zero-order valence-electron chi connectivity index (χ0n) is 8.63. The Hall–Kier alpha value is -0.560. The average Bonchev–Trinajstić information content (AvgIpc) is 2.17. The first kappa shape index (κ1) is 12.9. The molecule has 1 aliphatic heterocycles. The molecule has 7 heteroatoms. The summed E-state index contributed by atoms with van der Waals surface area (Å²) in [6, 6.07) is 3.64. The van der Waals surface area contributed by atoms with E-state index in [1.165, 1.54) is 12.1 Å². The van der Waals surface area contributed by atoms with Crippen LogP contribution in [-0.4, -0.2) is 15.7 Å². The van der Waals surface area contributed by atoms with Crippen molar-refractivity contribution in [1.29, 1.82) is 0 Å². The first-order valence-electron chi connectivity index (χ1n) is 4.89. The van der Waals surface area contributed by atoms with Crippen molar-refractivity contribution in [3.05, 3.63) is 28.2 Å². The summed E-state index contributed by atoms with van der Waals surface area (Å²) in [5.74, 6) is 0.953. The molecule has 94 valence electrons. The quantitative estimate of drug-likeness (QED) is 0.767. The highest BCUT2D eigenvalue weighted by Gasteiger charge is 2.33. The smallest absolute Gasteiger partial charge is 0.249 e. The molecule has 1 fully saturated rings. The molecule has 1 aromatic carbocycles. The number of nitrogens with zero attached hydrogens (tertiary/aromatic N) is 1. The summed E-state index contributed by atoms with van der Waals surface area (Å²) in [4.78, 5) is 0. The summed E-state index contributed by atoms with van der Waals surface area (Å²) in [6.07, 6.45) is -3.61. The number of alkyl halides is 3. The SMILES string of the molecule is O=S1(=Nc2ccc(Br)c(C(F)(F)F)c2)CCC1. The van der Waals surface area contributed by atoms with Crippen LogP contribution >= 0.6 is 15.9 Å². The Balaban J connectivity index is 2.45. The number of hydrogen-bond acceptors (Lipinski definition) is 2. The Morgan fingerprint density at radius 1 is 1.29 bits per heavy atom. The first-order chi connectivity index (χ1) is 7.80. The van der Waals surface area contributed by atoms with Crippen molar-refractivity contribution in [1.82, 2.24) is 0 Å². The van der Waals surface area contributed by atoms with E-state index in [1.54, 1.807) is 0 Å². The Labute approximate surface area is 106 Å². The van der Waals surface area contributed by atoms with Crippen molar-refractivity contribution in [2.24, 2.45) is 4.36 Å². The standard InChI is InChI=1S/C10H9BrF3NOS/c11-9-3-2-7(6-8(9)10(12,13)14)15-17(16)4-1-5-17/h2-3,6H,1,4-5H2. The van der Waals surface area contributed by atoms with Gasteiger partial charge in [-0.1, -0.05) is 15.9 Å². The minimum absolute atomic E-state index is 0.0347. The van der Waals surface area contributed by atoms with E-state index in [9.17, 15) is 17.4 Å². The number of hydrogen-bond donors (Lipinski definition) is 0. The highest BCUT2D eigenvalue weighted by atomic mass is 79.9. The molecule has 0 spiro atoms. The minimum Gasteiger partial charge on any atom is -0.249 e. The predicted molar refractivity (Wildman–Crippen MR) is 63.7 cm³/mol.